The van der Waals surface area contributed by atoms with Gasteiger partial charge in [0, 0.05) is 7.05 Å². The topological polar surface area (TPSA) is 66.5 Å². The summed E-state index contributed by atoms with van der Waals surface area (Å²) in [5.74, 6) is 0. The molecule has 2 aromatic heterocycles. The average molecular weight is 182 g/mol. The van der Waals surface area contributed by atoms with Gasteiger partial charge in [-0.25, -0.2) is 4.98 Å². The van der Waals surface area contributed by atoms with Crippen molar-refractivity contribution in [1.82, 2.24) is 19.5 Å². The maximum Gasteiger partial charge on any atom is 0.279 e. The maximum absolute atomic E-state index is 11.2. The van der Waals surface area contributed by atoms with Crippen LogP contribution in [0.15, 0.2) is 11.1 Å². The Balaban J connectivity index is 3.13. The molecule has 2 heterocycles. The smallest absolute Gasteiger partial charge is 0.279 e. The van der Waals surface area contributed by atoms with E-state index in [2.05, 4.69) is 15.0 Å². The number of aromatic nitrogens is 4. The normalized spacial score (nSPS) is 10.8. The number of nitrogens with zero attached hydrogens (tertiary/aromatic N) is 2. The summed E-state index contributed by atoms with van der Waals surface area (Å²) >= 11 is 4.80. The predicted molar refractivity (Wildman–Crippen MR) is 46.5 cm³/mol. The first-order valence-electron chi connectivity index (χ1n) is 3.32. The third kappa shape index (κ3) is 0.884. The first kappa shape index (κ1) is 7.23. The molecule has 6 heteroatoms. The van der Waals surface area contributed by atoms with E-state index < -0.39 is 0 Å². The lowest BCUT2D eigenvalue weighted by atomic mass is 10.5. The molecule has 0 bridgehead atoms. The minimum atomic E-state index is -0.255. The molecule has 0 radical (unpaired) electrons. The number of H-pyrrole nitrogens is 2. The van der Waals surface area contributed by atoms with Crippen molar-refractivity contribution in [2.75, 3.05) is 0 Å². The van der Waals surface area contributed by atoms with Gasteiger partial charge in [-0.15, -0.1) is 0 Å². The number of imidazole rings is 1. The zero-order valence-corrected chi connectivity index (χ0v) is 7.10. The number of aromatic amines is 2. The number of hydrogen-bond donors (Lipinski definition) is 2. The highest BCUT2D eigenvalue weighted by atomic mass is 32.1. The van der Waals surface area contributed by atoms with E-state index in [1.54, 1.807) is 17.9 Å². The number of aryl methyl sites for hydroxylation is 1. The SMILES string of the molecule is Cn1cnc2c(=O)[nH]c(=S)[nH]c21. The van der Waals surface area contributed by atoms with Crippen molar-refractivity contribution in [1.29, 1.82) is 0 Å². The van der Waals surface area contributed by atoms with E-state index >= 15 is 0 Å². The largest absolute Gasteiger partial charge is 0.320 e. The molecule has 0 aliphatic rings. The van der Waals surface area contributed by atoms with Crippen LogP contribution in [0.25, 0.3) is 11.2 Å². The van der Waals surface area contributed by atoms with Crippen molar-refractivity contribution in [2.24, 2.45) is 7.05 Å². The molecule has 0 saturated heterocycles. The molecule has 0 amide bonds. The Morgan fingerprint density at radius 2 is 2.33 bits per heavy atom. The fraction of sp³-hybridized carbons (Fsp3) is 0.167. The highest BCUT2D eigenvalue weighted by molar-refractivity contribution is 7.71. The molecule has 0 spiro atoms. The Hall–Kier alpha value is -1.43. The van der Waals surface area contributed by atoms with Gasteiger partial charge in [-0.1, -0.05) is 0 Å². The second-order valence-electron chi connectivity index (χ2n) is 2.46. The summed E-state index contributed by atoms with van der Waals surface area (Å²) in [6.45, 7) is 0. The Morgan fingerprint density at radius 3 is 3.08 bits per heavy atom. The van der Waals surface area contributed by atoms with Gasteiger partial charge in [0.15, 0.2) is 10.3 Å². The summed E-state index contributed by atoms with van der Waals surface area (Å²) in [7, 11) is 1.79. The van der Waals surface area contributed by atoms with Crippen molar-refractivity contribution in [2.45, 2.75) is 0 Å². The average Bonchev–Trinajstić information content (AvgIpc) is 2.33. The molecule has 2 N–H and O–H groups in total. The van der Waals surface area contributed by atoms with Gasteiger partial charge in [0.1, 0.15) is 5.65 Å². The fourth-order valence-electron chi connectivity index (χ4n) is 1.04. The zero-order chi connectivity index (χ0) is 8.72. The Bertz CT molecular complexity index is 534. The van der Waals surface area contributed by atoms with Crippen LogP contribution in [0.5, 0.6) is 0 Å². The van der Waals surface area contributed by atoms with Crippen LogP contribution in [-0.2, 0) is 7.05 Å². The minimum absolute atomic E-state index is 0.255. The standard InChI is InChI=1S/C6H6N4OS/c1-10-2-7-3-4(10)8-6(12)9-5(3)11/h2H,1H3,(H2,8,9,11,12). The zero-order valence-electron chi connectivity index (χ0n) is 6.29. The lowest BCUT2D eigenvalue weighted by Crippen LogP contribution is -2.08. The molecule has 12 heavy (non-hydrogen) atoms. The Morgan fingerprint density at radius 1 is 1.58 bits per heavy atom. The van der Waals surface area contributed by atoms with Crippen molar-refractivity contribution in [3.63, 3.8) is 0 Å². The lowest BCUT2D eigenvalue weighted by molar-refractivity contribution is 0.925. The highest BCUT2D eigenvalue weighted by Gasteiger charge is 2.02. The van der Waals surface area contributed by atoms with E-state index in [-0.39, 0.29) is 5.56 Å². The first-order chi connectivity index (χ1) is 5.68. The molecule has 0 fully saturated rings. The Kier molecular flexibility index (Phi) is 1.37. The summed E-state index contributed by atoms with van der Waals surface area (Å²) in [6.07, 6.45) is 1.56. The summed E-state index contributed by atoms with van der Waals surface area (Å²) in [5, 5.41) is 0. The minimum Gasteiger partial charge on any atom is -0.320 e. The second-order valence-corrected chi connectivity index (χ2v) is 2.87. The van der Waals surface area contributed by atoms with Crippen LogP contribution < -0.4 is 5.56 Å². The molecule has 0 aliphatic heterocycles. The van der Waals surface area contributed by atoms with Gasteiger partial charge in [-0.05, 0) is 12.2 Å². The van der Waals surface area contributed by atoms with E-state index in [0.717, 1.165) is 0 Å². The molecule has 0 aliphatic carbocycles. The fourth-order valence-corrected chi connectivity index (χ4v) is 1.23. The lowest BCUT2D eigenvalue weighted by Gasteiger charge is -1.92. The monoisotopic (exact) mass is 182 g/mol. The number of rotatable bonds is 0. The van der Waals surface area contributed by atoms with Crippen LogP contribution in [0, 0.1) is 4.77 Å². The van der Waals surface area contributed by atoms with Gasteiger partial charge >= 0.3 is 0 Å². The van der Waals surface area contributed by atoms with Gasteiger partial charge in [-0.2, -0.15) is 0 Å². The van der Waals surface area contributed by atoms with Crippen LogP contribution in [0.2, 0.25) is 0 Å². The number of fused-ring (bicyclic) bond motifs is 1. The van der Waals surface area contributed by atoms with Gasteiger partial charge in [0.25, 0.3) is 5.56 Å². The van der Waals surface area contributed by atoms with Crippen molar-refractivity contribution in [3.05, 3.63) is 21.5 Å². The van der Waals surface area contributed by atoms with Gasteiger partial charge in [0.05, 0.1) is 6.33 Å². The van der Waals surface area contributed by atoms with Gasteiger partial charge in [0.2, 0.25) is 0 Å². The second kappa shape index (κ2) is 2.28. The van der Waals surface area contributed by atoms with Crippen LogP contribution in [0.3, 0.4) is 0 Å². The number of nitrogens with one attached hydrogen (secondary N) is 2. The van der Waals surface area contributed by atoms with E-state index in [0.29, 0.717) is 15.9 Å². The van der Waals surface area contributed by atoms with Crippen LogP contribution >= 0.6 is 12.2 Å². The van der Waals surface area contributed by atoms with Gasteiger partial charge in [-0.3, -0.25) is 9.78 Å². The number of hydrogen-bond acceptors (Lipinski definition) is 3. The Labute approximate surface area is 72.1 Å². The quantitative estimate of drug-likeness (QED) is 0.576. The summed E-state index contributed by atoms with van der Waals surface area (Å²) < 4.78 is 2.02. The van der Waals surface area contributed by atoms with Crippen LogP contribution in [0.1, 0.15) is 0 Å². The third-order valence-electron chi connectivity index (χ3n) is 1.61. The van der Waals surface area contributed by atoms with Crippen LogP contribution in [-0.4, -0.2) is 19.5 Å². The molecule has 5 nitrogen and oxygen atoms in total. The van der Waals surface area contributed by atoms with Crippen molar-refractivity contribution in [3.8, 4) is 0 Å². The molecule has 0 atom stereocenters. The summed E-state index contributed by atoms with van der Waals surface area (Å²) in [5.41, 5.74) is 0.768. The highest BCUT2D eigenvalue weighted by Crippen LogP contribution is 2.00. The predicted octanol–water partition coefficient (Wildman–Crippen LogP) is 0.319. The first-order valence-corrected chi connectivity index (χ1v) is 3.73. The summed E-state index contributed by atoms with van der Waals surface area (Å²) in [4.78, 5) is 20.4. The van der Waals surface area contributed by atoms with E-state index in [9.17, 15) is 4.79 Å². The molecular formula is C6H6N4OS. The molecule has 0 unspecified atom stereocenters. The summed E-state index contributed by atoms with van der Waals surface area (Å²) in [6, 6.07) is 0. The van der Waals surface area contributed by atoms with Gasteiger partial charge < -0.3 is 9.55 Å². The molecule has 2 rings (SSSR count). The molecule has 62 valence electrons. The molecule has 2 aromatic rings. The third-order valence-corrected chi connectivity index (χ3v) is 1.82. The van der Waals surface area contributed by atoms with Crippen molar-refractivity contribution >= 4 is 23.4 Å². The van der Waals surface area contributed by atoms with E-state index in [1.807, 2.05) is 0 Å². The molecule has 0 saturated carbocycles. The molecular weight excluding hydrogens is 176 g/mol. The van der Waals surface area contributed by atoms with E-state index in [1.165, 1.54) is 0 Å². The van der Waals surface area contributed by atoms with Crippen LogP contribution in [0.4, 0.5) is 0 Å². The maximum atomic E-state index is 11.2. The van der Waals surface area contributed by atoms with Crippen molar-refractivity contribution < 1.29 is 0 Å². The molecule has 0 aromatic carbocycles. The van der Waals surface area contributed by atoms with E-state index in [4.69, 9.17) is 12.2 Å².